The molecule has 6 heteroatoms. The second-order valence-electron chi connectivity index (χ2n) is 8.12. The van der Waals surface area contributed by atoms with Crippen molar-refractivity contribution in [3.05, 3.63) is 102 Å². The lowest BCUT2D eigenvalue weighted by molar-refractivity contribution is 0.0952. The Kier molecular flexibility index (Phi) is 5.79. The van der Waals surface area contributed by atoms with Crippen molar-refractivity contribution in [2.24, 2.45) is 0 Å². The van der Waals surface area contributed by atoms with Gasteiger partial charge in [-0.2, -0.15) is 5.10 Å². The molecule has 0 bridgehead atoms. The van der Waals surface area contributed by atoms with Crippen molar-refractivity contribution >= 4 is 16.9 Å². The maximum atomic E-state index is 13.5. The predicted octanol–water partition coefficient (Wildman–Crippen LogP) is 5.54. The number of nitrogens with one attached hydrogen (secondary N) is 2. The van der Waals surface area contributed by atoms with Gasteiger partial charge in [-0.05, 0) is 42.8 Å². The molecule has 0 saturated carbocycles. The minimum atomic E-state index is -0.180. The SMILES string of the molecule is COc1ccc(-c2[nH]nc3nc(-c4ccc(C)cc4)cc(C(=O)NCc4ccccc4)c23)cc1. The number of hydrogen-bond acceptors (Lipinski definition) is 4. The van der Waals surface area contributed by atoms with E-state index in [1.807, 2.05) is 91.9 Å². The Balaban J connectivity index is 1.61. The van der Waals surface area contributed by atoms with Crippen LogP contribution in [0.1, 0.15) is 21.5 Å². The topological polar surface area (TPSA) is 79.9 Å². The molecule has 0 spiro atoms. The highest BCUT2D eigenvalue weighted by molar-refractivity contribution is 6.11. The number of rotatable bonds is 6. The van der Waals surface area contributed by atoms with Gasteiger partial charge in [0, 0.05) is 17.7 Å². The van der Waals surface area contributed by atoms with Gasteiger partial charge in [0.1, 0.15) is 5.75 Å². The Labute approximate surface area is 197 Å². The third-order valence-electron chi connectivity index (χ3n) is 5.79. The summed E-state index contributed by atoms with van der Waals surface area (Å²) in [6.07, 6.45) is 0. The van der Waals surface area contributed by atoms with E-state index in [1.54, 1.807) is 7.11 Å². The van der Waals surface area contributed by atoms with Gasteiger partial charge in [-0.15, -0.1) is 0 Å². The number of carbonyl (C=O) groups excluding carboxylic acids is 1. The van der Waals surface area contributed by atoms with Crippen LogP contribution in [0, 0.1) is 6.92 Å². The van der Waals surface area contributed by atoms with Crippen molar-refractivity contribution < 1.29 is 9.53 Å². The molecule has 6 nitrogen and oxygen atoms in total. The first-order valence-electron chi connectivity index (χ1n) is 11.0. The van der Waals surface area contributed by atoms with E-state index in [1.165, 1.54) is 0 Å². The van der Waals surface area contributed by atoms with E-state index in [-0.39, 0.29) is 5.91 Å². The molecule has 0 radical (unpaired) electrons. The number of carbonyl (C=O) groups is 1. The predicted molar refractivity (Wildman–Crippen MR) is 134 cm³/mol. The van der Waals surface area contributed by atoms with Crippen LogP contribution in [0.15, 0.2) is 84.9 Å². The van der Waals surface area contributed by atoms with Gasteiger partial charge in [-0.1, -0.05) is 60.2 Å². The van der Waals surface area contributed by atoms with E-state index in [4.69, 9.17) is 9.72 Å². The third kappa shape index (κ3) is 4.26. The number of benzene rings is 3. The lowest BCUT2D eigenvalue weighted by Crippen LogP contribution is -2.23. The summed E-state index contributed by atoms with van der Waals surface area (Å²) in [6.45, 7) is 2.47. The van der Waals surface area contributed by atoms with Gasteiger partial charge >= 0.3 is 0 Å². The van der Waals surface area contributed by atoms with Crippen LogP contribution in [0.5, 0.6) is 5.75 Å². The van der Waals surface area contributed by atoms with E-state index >= 15 is 0 Å². The zero-order valence-electron chi connectivity index (χ0n) is 19.0. The van der Waals surface area contributed by atoms with E-state index in [2.05, 4.69) is 15.5 Å². The molecule has 0 aliphatic rings. The molecule has 5 aromatic rings. The highest BCUT2D eigenvalue weighted by Gasteiger charge is 2.20. The number of nitrogens with zero attached hydrogens (tertiary/aromatic N) is 2. The van der Waals surface area contributed by atoms with Crippen LogP contribution in [-0.2, 0) is 6.54 Å². The van der Waals surface area contributed by atoms with Gasteiger partial charge in [0.15, 0.2) is 5.65 Å². The molecule has 3 aromatic carbocycles. The summed E-state index contributed by atoms with van der Waals surface area (Å²) < 4.78 is 5.28. The van der Waals surface area contributed by atoms with Crippen molar-refractivity contribution in [2.75, 3.05) is 7.11 Å². The molecular formula is C28H24N4O2. The van der Waals surface area contributed by atoms with E-state index in [9.17, 15) is 4.79 Å². The van der Waals surface area contributed by atoms with Crippen molar-refractivity contribution in [2.45, 2.75) is 13.5 Å². The molecular weight excluding hydrogens is 424 g/mol. The number of aromatic nitrogens is 3. The Bertz CT molecular complexity index is 1440. The monoisotopic (exact) mass is 448 g/mol. The fraction of sp³-hybridized carbons (Fsp3) is 0.107. The average molecular weight is 449 g/mol. The molecule has 34 heavy (non-hydrogen) atoms. The molecule has 5 rings (SSSR count). The van der Waals surface area contributed by atoms with E-state index < -0.39 is 0 Å². The van der Waals surface area contributed by atoms with Crippen molar-refractivity contribution in [1.82, 2.24) is 20.5 Å². The maximum Gasteiger partial charge on any atom is 0.252 e. The lowest BCUT2D eigenvalue weighted by Gasteiger charge is -2.10. The number of fused-ring (bicyclic) bond motifs is 1. The quantitative estimate of drug-likeness (QED) is 0.357. The van der Waals surface area contributed by atoms with Crippen LogP contribution in [0.4, 0.5) is 0 Å². The highest BCUT2D eigenvalue weighted by atomic mass is 16.5. The molecule has 0 aliphatic heterocycles. The second-order valence-corrected chi connectivity index (χ2v) is 8.12. The molecule has 2 aromatic heterocycles. The van der Waals surface area contributed by atoms with Crippen LogP contribution in [0.25, 0.3) is 33.5 Å². The number of pyridine rings is 1. The number of methoxy groups -OCH3 is 1. The van der Waals surface area contributed by atoms with Crippen LogP contribution in [0.2, 0.25) is 0 Å². The minimum absolute atomic E-state index is 0.180. The maximum absolute atomic E-state index is 13.5. The smallest absolute Gasteiger partial charge is 0.252 e. The summed E-state index contributed by atoms with van der Waals surface area (Å²) in [7, 11) is 1.63. The van der Waals surface area contributed by atoms with Gasteiger partial charge in [0.2, 0.25) is 0 Å². The third-order valence-corrected chi connectivity index (χ3v) is 5.79. The molecule has 0 saturated heterocycles. The highest BCUT2D eigenvalue weighted by Crippen LogP contribution is 2.32. The normalized spacial score (nSPS) is 10.9. The molecule has 1 amide bonds. The Morgan fingerprint density at radius 2 is 1.65 bits per heavy atom. The molecule has 0 unspecified atom stereocenters. The lowest BCUT2D eigenvalue weighted by atomic mass is 10.0. The van der Waals surface area contributed by atoms with Crippen molar-refractivity contribution in [3.8, 4) is 28.3 Å². The van der Waals surface area contributed by atoms with Crippen LogP contribution < -0.4 is 10.1 Å². The van der Waals surface area contributed by atoms with Gasteiger partial charge < -0.3 is 10.1 Å². The van der Waals surface area contributed by atoms with Crippen LogP contribution in [-0.4, -0.2) is 28.2 Å². The fourth-order valence-corrected chi connectivity index (χ4v) is 3.92. The van der Waals surface area contributed by atoms with Crippen LogP contribution >= 0.6 is 0 Å². The summed E-state index contributed by atoms with van der Waals surface area (Å²) in [6, 6.07) is 27.4. The molecule has 2 N–H and O–H groups in total. The van der Waals surface area contributed by atoms with Gasteiger partial charge in [-0.3, -0.25) is 9.89 Å². The first-order valence-corrected chi connectivity index (χ1v) is 11.0. The largest absolute Gasteiger partial charge is 0.497 e. The zero-order valence-corrected chi connectivity index (χ0v) is 19.0. The molecule has 0 fully saturated rings. The van der Waals surface area contributed by atoms with Gasteiger partial charge in [0.05, 0.1) is 29.4 Å². The number of ether oxygens (including phenoxy) is 1. The first-order chi connectivity index (χ1) is 16.6. The summed E-state index contributed by atoms with van der Waals surface area (Å²) >= 11 is 0. The summed E-state index contributed by atoms with van der Waals surface area (Å²) in [5.41, 5.74) is 6.47. The Hall–Kier alpha value is -4.45. The minimum Gasteiger partial charge on any atom is -0.497 e. The molecule has 2 heterocycles. The number of H-pyrrole nitrogens is 1. The standard InChI is InChI=1S/C28H24N4O2/c1-18-8-10-20(11-9-18)24-16-23(28(33)29-17-19-6-4-3-5-7-19)25-26(31-32-27(25)30-24)21-12-14-22(34-2)15-13-21/h3-16H,17H2,1-2H3,(H,29,33)(H,30,31,32). The summed E-state index contributed by atoms with van der Waals surface area (Å²) in [5.74, 6) is 0.578. The molecule has 0 atom stereocenters. The van der Waals surface area contributed by atoms with Crippen LogP contribution in [0.3, 0.4) is 0 Å². The summed E-state index contributed by atoms with van der Waals surface area (Å²) in [4.78, 5) is 18.2. The van der Waals surface area contributed by atoms with Crippen molar-refractivity contribution in [1.29, 1.82) is 0 Å². The zero-order chi connectivity index (χ0) is 23.5. The van der Waals surface area contributed by atoms with E-state index in [0.29, 0.717) is 28.8 Å². The van der Waals surface area contributed by atoms with Gasteiger partial charge in [0.25, 0.3) is 5.91 Å². The second kappa shape index (κ2) is 9.19. The molecule has 168 valence electrons. The number of amides is 1. The summed E-state index contributed by atoms with van der Waals surface area (Å²) in [5, 5.41) is 11.3. The number of hydrogen-bond donors (Lipinski definition) is 2. The number of aromatic amines is 1. The van der Waals surface area contributed by atoms with Gasteiger partial charge in [-0.25, -0.2) is 4.98 Å². The number of aryl methyl sites for hydroxylation is 1. The van der Waals surface area contributed by atoms with Crippen molar-refractivity contribution in [3.63, 3.8) is 0 Å². The fourth-order valence-electron chi connectivity index (χ4n) is 3.92. The Morgan fingerprint density at radius 3 is 2.35 bits per heavy atom. The average Bonchev–Trinajstić information content (AvgIpc) is 3.32. The first kappa shape index (κ1) is 21.4. The Morgan fingerprint density at radius 1 is 0.941 bits per heavy atom. The van der Waals surface area contributed by atoms with E-state index in [0.717, 1.165) is 33.7 Å². The molecule has 0 aliphatic carbocycles.